The number of fused-ring (bicyclic) bond motifs is 1. The Labute approximate surface area is 190 Å². The maximum absolute atomic E-state index is 11.0. The molecule has 0 amide bonds. The first kappa shape index (κ1) is 21.6. The zero-order chi connectivity index (χ0) is 20.9. The Morgan fingerprint density at radius 3 is 2.67 bits per heavy atom. The van der Waals surface area contributed by atoms with Crippen LogP contribution < -0.4 is 10.6 Å². The van der Waals surface area contributed by atoms with Crippen molar-refractivity contribution in [3.63, 3.8) is 0 Å². The summed E-state index contributed by atoms with van der Waals surface area (Å²) in [6, 6.07) is 13.8. The van der Waals surface area contributed by atoms with E-state index < -0.39 is 6.23 Å². The third kappa shape index (κ3) is 5.32. The second-order valence-corrected chi connectivity index (χ2v) is 8.83. The van der Waals surface area contributed by atoms with Gasteiger partial charge in [-0.25, -0.2) is 0 Å². The fourth-order valence-corrected chi connectivity index (χ4v) is 4.28. The summed E-state index contributed by atoms with van der Waals surface area (Å²) < 4.78 is 0.997. The third-order valence-electron chi connectivity index (χ3n) is 5.39. The van der Waals surface area contributed by atoms with E-state index in [9.17, 15) is 5.11 Å². The van der Waals surface area contributed by atoms with Gasteiger partial charge in [-0.2, -0.15) is 0 Å². The molecule has 1 unspecified atom stereocenters. The average Bonchev–Trinajstić information content (AvgIpc) is 3.11. The highest BCUT2D eigenvalue weighted by molar-refractivity contribution is 9.10. The van der Waals surface area contributed by atoms with Crippen LogP contribution in [0.15, 0.2) is 46.9 Å². The van der Waals surface area contributed by atoms with E-state index in [0.717, 1.165) is 71.5 Å². The predicted octanol–water partition coefficient (Wildman–Crippen LogP) is 4.24. The Kier molecular flexibility index (Phi) is 7.25. The van der Waals surface area contributed by atoms with Gasteiger partial charge in [0.15, 0.2) is 0 Å². The van der Waals surface area contributed by atoms with Crippen molar-refractivity contribution in [2.24, 2.45) is 0 Å². The van der Waals surface area contributed by atoms with Crippen molar-refractivity contribution in [2.45, 2.75) is 6.23 Å². The van der Waals surface area contributed by atoms with Gasteiger partial charge in [0.1, 0.15) is 6.23 Å². The third-order valence-corrected chi connectivity index (χ3v) is 6.14. The highest BCUT2D eigenvalue weighted by Crippen LogP contribution is 2.30. The molecule has 2 heterocycles. The lowest BCUT2D eigenvalue weighted by atomic mass is 10.1. The van der Waals surface area contributed by atoms with Gasteiger partial charge >= 0.3 is 0 Å². The molecule has 4 N–H and O–H groups in total. The first-order chi connectivity index (χ1) is 14.6. The van der Waals surface area contributed by atoms with Crippen LogP contribution >= 0.6 is 27.5 Å². The quantitative estimate of drug-likeness (QED) is 0.375. The summed E-state index contributed by atoms with van der Waals surface area (Å²) in [6.45, 7) is 5.80. The van der Waals surface area contributed by atoms with Crippen molar-refractivity contribution in [3.8, 4) is 0 Å². The van der Waals surface area contributed by atoms with Crippen LogP contribution in [0.25, 0.3) is 23.1 Å². The molecule has 2 aromatic carbocycles. The number of rotatable bonds is 7. The summed E-state index contributed by atoms with van der Waals surface area (Å²) in [5.41, 5.74) is 3.78. The molecule has 0 spiro atoms. The monoisotopic (exact) mass is 488 g/mol. The minimum absolute atomic E-state index is 0.715. The zero-order valence-corrected chi connectivity index (χ0v) is 19.0. The molecule has 5 nitrogen and oxygen atoms in total. The normalized spacial score (nSPS) is 16.5. The number of halogens is 2. The summed E-state index contributed by atoms with van der Waals surface area (Å²) in [6.07, 6.45) is 3.27. The van der Waals surface area contributed by atoms with Crippen LogP contribution in [0.4, 0.5) is 0 Å². The van der Waals surface area contributed by atoms with Gasteiger partial charge in [-0.1, -0.05) is 51.8 Å². The molecule has 1 aliphatic rings. The highest BCUT2D eigenvalue weighted by atomic mass is 79.9. The van der Waals surface area contributed by atoms with Crippen LogP contribution in [0.3, 0.4) is 0 Å². The number of benzene rings is 2. The van der Waals surface area contributed by atoms with E-state index >= 15 is 0 Å². The molecule has 0 radical (unpaired) electrons. The average molecular weight is 490 g/mol. The lowest BCUT2D eigenvalue weighted by Gasteiger charge is -2.27. The fourth-order valence-electron chi connectivity index (χ4n) is 3.79. The van der Waals surface area contributed by atoms with E-state index in [0.29, 0.717) is 5.02 Å². The minimum atomic E-state index is -0.757. The largest absolute Gasteiger partial charge is 0.374 e. The molecule has 7 heteroatoms. The van der Waals surface area contributed by atoms with Crippen molar-refractivity contribution >= 4 is 50.6 Å². The second-order valence-electron chi connectivity index (χ2n) is 7.48. The molecule has 1 aromatic heterocycles. The molecule has 1 aliphatic heterocycles. The molecule has 4 rings (SSSR count). The summed E-state index contributed by atoms with van der Waals surface area (Å²) in [4.78, 5) is 5.85. The van der Waals surface area contributed by atoms with Crippen LogP contribution in [0.5, 0.6) is 0 Å². The molecule has 30 heavy (non-hydrogen) atoms. The Bertz CT molecular complexity index is 1010. The molecule has 1 saturated heterocycles. The van der Waals surface area contributed by atoms with Gasteiger partial charge in [0.2, 0.25) is 0 Å². The van der Waals surface area contributed by atoms with Crippen LogP contribution in [0.2, 0.25) is 5.02 Å². The molecular formula is C23H26BrClN4O. The molecule has 1 atom stereocenters. The lowest BCUT2D eigenvalue weighted by molar-refractivity contribution is 0.132. The van der Waals surface area contributed by atoms with E-state index in [1.807, 2.05) is 54.6 Å². The first-order valence-electron chi connectivity index (χ1n) is 10.2. The highest BCUT2D eigenvalue weighted by Gasteiger charge is 2.18. The molecule has 0 bridgehead atoms. The summed E-state index contributed by atoms with van der Waals surface area (Å²) >= 11 is 9.52. The number of aromatic nitrogens is 1. The Morgan fingerprint density at radius 1 is 1.13 bits per heavy atom. The number of piperazine rings is 1. The van der Waals surface area contributed by atoms with Crippen molar-refractivity contribution in [3.05, 3.63) is 68.8 Å². The zero-order valence-electron chi connectivity index (χ0n) is 16.7. The molecule has 3 aromatic rings. The van der Waals surface area contributed by atoms with Crippen molar-refractivity contribution in [2.75, 3.05) is 39.3 Å². The summed E-state index contributed by atoms with van der Waals surface area (Å²) in [5, 5.41) is 19.4. The number of aromatic amines is 1. The number of nitrogens with one attached hydrogen (secondary N) is 3. The maximum atomic E-state index is 11.0. The minimum Gasteiger partial charge on any atom is -0.374 e. The Balaban J connectivity index is 1.54. The number of aliphatic hydroxyl groups is 1. The SMILES string of the molecule is OC(NCCN1CCNCC1)c1c(/C=C/c2ccc(Cl)cc2)[nH]c2cc(Br)ccc12. The topological polar surface area (TPSA) is 63.3 Å². The molecule has 158 valence electrons. The van der Waals surface area contributed by atoms with Crippen LogP contribution in [-0.2, 0) is 0 Å². The molecule has 0 aliphatic carbocycles. The summed E-state index contributed by atoms with van der Waals surface area (Å²) in [7, 11) is 0. The number of aliphatic hydroxyl groups excluding tert-OH is 1. The van der Waals surface area contributed by atoms with Crippen LogP contribution in [0, 0.1) is 0 Å². The maximum Gasteiger partial charge on any atom is 0.133 e. The predicted molar refractivity (Wildman–Crippen MR) is 129 cm³/mol. The number of hydrogen-bond donors (Lipinski definition) is 4. The van der Waals surface area contributed by atoms with Crippen molar-refractivity contribution < 1.29 is 5.11 Å². The van der Waals surface area contributed by atoms with E-state index in [4.69, 9.17) is 11.6 Å². The second kappa shape index (κ2) is 10.1. The van der Waals surface area contributed by atoms with Gasteiger partial charge in [0, 0.05) is 70.9 Å². The molecule has 0 saturated carbocycles. The van der Waals surface area contributed by atoms with Crippen molar-refractivity contribution in [1.82, 2.24) is 20.5 Å². The summed E-state index contributed by atoms with van der Waals surface area (Å²) in [5.74, 6) is 0. The van der Waals surface area contributed by atoms with E-state index in [1.165, 1.54) is 0 Å². The fraction of sp³-hybridized carbons (Fsp3) is 0.304. The molecular weight excluding hydrogens is 464 g/mol. The van der Waals surface area contributed by atoms with Gasteiger partial charge in [0.25, 0.3) is 0 Å². The number of nitrogens with zero attached hydrogens (tertiary/aromatic N) is 1. The van der Waals surface area contributed by atoms with E-state index in [2.05, 4.69) is 36.4 Å². The van der Waals surface area contributed by atoms with E-state index in [-0.39, 0.29) is 0 Å². The molecule has 1 fully saturated rings. The smallest absolute Gasteiger partial charge is 0.133 e. The van der Waals surface area contributed by atoms with Crippen LogP contribution in [0.1, 0.15) is 23.0 Å². The number of H-pyrrole nitrogens is 1. The van der Waals surface area contributed by atoms with Gasteiger partial charge < -0.3 is 15.4 Å². The van der Waals surface area contributed by atoms with Crippen molar-refractivity contribution in [1.29, 1.82) is 0 Å². The van der Waals surface area contributed by atoms with Gasteiger partial charge in [-0.15, -0.1) is 0 Å². The first-order valence-corrected chi connectivity index (χ1v) is 11.4. The lowest BCUT2D eigenvalue weighted by Crippen LogP contribution is -2.46. The Hall–Kier alpha value is -1.67. The standard InChI is InChI=1S/C23H26BrClN4O/c24-17-4-7-19-21(15-17)28-20(8-3-16-1-5-18(25)6-2-16)22(19)23(30)27-11-14-29-12-9-26-10-13-29/h1-8,15,23,26-28,30H,9-14H2/b8-3+. The van der Waals surface area contributed by atoms with E-state index in [1.54, 1.807) is 0 Å². The van der Waals surface area contributed by atoms with Gasteiger partial charge in [0.05, 0.1) is 0 Å². The number of hydrogen-bond acceptors (Lipinski definition) is 4. The Morgan fingerprint density at radius 2 is 1.90 bits per heavy atom. The van der Waals surface area contributed by atoms with Crippen LogP contribution in [-0.4, -0.2) is 54.3 Å². The van der Waals surface area contributed by atoms with Gasteiger partial charge in [-0.3, -0.25) is 10.2 Å². The van der Waals surface area contributed by atoms with Gasteiger partial charge in [-0.05, 0) is 35.9 Å².